The third kappa shape index (κ3) is 5.48. The van der Waals surface area contributed by atoms with Gasteiger partial charge in [-0.1, -0.05) is 30.3 Å². The van der Waals surface area contributed by atoms with Gasteiger partial charge in [-0.05, 0) is 50.8 Å². The van der Waals surface area contributed by atoms with Gasteiger partial charge >= 0.3 is 0 Å². The van der Waals surface area contributed by atoms with Gasteiger partial charge in [-0.2, -0.15) is 0 Å². The largest absolute Gasteiger partial charge is 0.393 e. The van der Waals surface area contributed by atoms with Crippen molar-refractivity contribution in [3.05, 3.63) is 35.9 Å². The Balaban J connectivity index is 1.62. The number of piperidine rings is 1. The van der Waals surface area contributed by atoms with Gasteiger partial charge < -0.3 is 10.4 Å². The summed E-state index contributed by atoms with van der Waals surface area (Å²) in [7, 11) is 0. The Morgan fingerprint density at radius 1 is 1.33 bits per heavy atom. The van der Waals surface area contributed by atoms with Crippen molar-refractivity contribution < 1.29 is 9.90 Å². The van der Waals surface area contributed by atoms with Crippen molar-refractivity contribution in [2.75, 3.05) is 26.2 Å². The third-order valence-corrected chi connectivity index (χ3v) is 4.26. The topological polar surface area (TPSA) is 52.6 Å². The van der Waals surface area contributed by atoms with Crippen molar-refractivity contribution >= 4 is 5.91 Å². The quantitative estimate of drug-likeness (QED) is 0.833. The average molecular weight is 290 g/mol. The molecule has 4 nitrogen and oxygen atoms in total. The minimum Gasteiger partial charge on any atom is -0.393 e. The second-order valence-electron chi connectivity index (χ2n) is 5.94. The second-order valence-corrected chi connectivity index (χ2v) is 5.94. The van der Waals surface area contributed by atoms with E-state index in [2.05, 4.69) is 22.3 Å². The minimum absolute atomic E-state index is 0.0985. The Kier molecular flexibility index (Phi) is 6.21. The maximum atomic E-state index is 11.9. The molecule has 1 amide bonds. The summed E-state index contributed by atoms with van der Waals surface area (Å²) in [5.74, 6) is 0.490. The molecular formula is C17H26N2O2. The fourth-order valence-corrected chi connectivity index (χ4v) is 2.84. The fourth-order valence-electron chi connectivity index (χ4n) is 2.84. The Hall–Kier alpha value is -1.39. The first-order chi connectivity index (χ1) is 10.1. The van der Waals surface area contributed by atoms with Gasteiger partial charge in [0.25, 0.3) is 0 Å². The molecule has 1 unspecified atom stereocenters. The number of amides is 1. The van der Waals surface area contributed by atoms with Gasteiger partial charge in [0, 0.05) is 6.54 Å². The van der Waals surface area contributed by atoms with Crippen LogP contribution in [0.2, 0.25) is 0 Å². The van der Waals surface area contributed by atoms with Gasteiger partial charge in [0.15, 0.2) is 0 Å². The lowest BCUT2D eigenvalue weighted by Crippen LogP contribution is -2.43. The Labute approximate surface area is 127 Å². The van der Waals surface area contributed by atoms with Crippen LogP contribution in [0.1, 0.15) is 25.3 Å². The minimum atomic E-state index is -0.230. The Morgan fingerprint density at radius 3 is 2.62 bits per heavy atom. The molecule has 116 valence electrons. The summed E-state index contributed by atoms with van der Waals surface area (Å²) in [5, 5.41) is 12.6. The summed E-state index contributed by atoms with van der Waals surface area (Å²) in [5.41, 5.74) is 1.25. The van der Waals surface area contributed by atoms with E-state index in [0.717, 1.165) is 32.4 Å². The molecule has 1 fully saturated rings. The van der Waals surface area contributed by atoms with E-state index in [1.807, 2.05) is 25.1 Å². The van der Waals surface area contributed by atoms with Crippen molar-refractivity contribution in [1.82, 2.24) is 10.2 Å². The van der Waals surface area contributed by atoms with E-state index < -0.39 is 0 Å². The van der Waals surface area contributed by atoms with Crippen LogP contribution >= 0.6 is 0 Å². The van der Waals surface area contributed by atoms with Gasteiger partial charge in [0.1, 0.15) is 0 Å². The van der Waals surface area contributed by atoms with Gasteiger partial charge in [-0.25, -0.2) is 0 Å². The zero-order chi connectivity index (χ0) is 15.1. The van der Waals surface area contributed by atoms with Gasteiger partial charge in [-0.3, -0.25) is 9.69 Å². The van der Waals surface area contributed by atoms with E-state index in [1.54, 1.807) is 0 Å². The highest BCUT2D eigenvalue weighted by atomic mass is 16.3. The third-order valence-electron chi connectivity index (χ3n) is 4.26. The van der Waals surface area contributed by atoms with Gasteiger partial charge in [-0.15, -0.1) is 0 Å². The number of carbonyl (C=O) groups is 1. The zero-order valence-electron chi connectivity index (χ0n) is 12.8. The predicted octanol–water partition coefficient (Wildman–Crippen LogP) is 1.44. The van der Waals surface area contributed by atoms with Crippen molar-refractivity contribution in [1.29, 1.82) is 0 Å². The molecular weight excluding hydrogens is 264 g/mol. The fraction of sp³-hybridized carbons (Fsp3) is 0.588. The highest BCUT2D eigenvalue weighted by Gasteiger charge is 2.23. The van der Waals surface area contributed by atoms with Crippen LogP contribution in [0.4, 0.5) is 0 Å². The summed E-state index contributed by atoms with van der Waals surface area (Å²) >= 11 is 0. The molecule has 2 rings (SSSR count). The zero-order valence-corrected chi connectivity index (χ0v) is 12.8. The van der Waals surface area contributed by atoms with Crippen LogP contribution in [-0.4, -0.2) is 48.2 Å². The van der Waals surface area contributed by atoms with Crippen LogP contribution in [0.5, 0.6) is 0 Å². The van der Waals surface area contributed by atoms with Crippen LogP contribution < -0.4 is 5.32 Å². The van der Waals surface area contributed by atoms with E-state index in [4.69, 9.17) is 0 Å². The number of nitrogens with one attached hydrogen (secondary N) is 1. The number of likely N-dealkylation sites (tertiary alicyclic amines) is 1. The van der Waals surface area contributed by atoms with Crippen LogP contribution in [0.25, 0.3) is 0 Å². The van der Waals surface area contributed by atoms with E-state index >= 15 is 0 Å². The smallest absolute Gasteiger partial charge is 0.234 e. The molecule has 1 aliphatic heterocycles. The number of aliphatic hydroxyl groups excluding tert-OH is 1. The summed E-state index contributed by atoms with van der Waals surface area (Å²) in [6.45, 7) is 4.83. The monoisotopic (exact) mass is 290 g/mol. The SMILES string of the molecule is CC(O)C1CCN(CC(=O)NCCc2ccccc2)CC1. The molecule has 0 spiro atoms. The summed E-state index contributed by atoms with van der Waals surface area (Å²) in [6, 6.07) is 10.2. The molecule has 1 aromatic rings. The first-order valence-electron chi connectivity index (χ1n) is 7.86. The molecule has 0 bridgehead atoms. The standard InChI is InChI=1S/C17H26N2O2/c1-14(20)16-8-11-19(12-9-16)13-17(21)18-10-7-15-5-3-2-4-6-15/h2-6,14,16,20H,7-13H2,1H3,(H,18,21). The Morgan fingerprint density at radius 2 is 2.00 bits per heavy atom. The molecule has 0 radical (unpaired) electrons. The average Bonchev–Trinajstić information content (AvgIpc) is 2.49. The number of benzene rings is 1. The molecule has 21 heavy (non-hydrogen) atoms. The van der Waals surface area contributed by atoms with Gasteiger partial charge in [0.2, 0.25) is 5.91 Å². The second kappa shape index (κ2) is 8.15. The normalized spacial score (nSPS) is 18.4. The first-order valence-corrected chi connectivity index (χ1v) is 7.86. The number of hydrogen-bond donors (Lipinski definition) is 2. The van der Waals surface area contributed by atoms with E-state index in [1.165, 1.54) is 5.56 Å². The highest BCUT2D eigenvalue weighted by molar-refractivity contribution is 5.78. The first kappa shape index (κ1) is 16.0. The van der Waals surface area contributed by atoms with Crippen molar-refractivity contribution in [3.8, 4) is 0 Å². The molecule has 1 aromatic carbocycles. The summed E-state index contributed by atoms with van der Waals surface area (Å²) in [6.07, 6.45) is 2.60. The number of hydrogen-bond acceptors (Lipinski definition) is 3. The molecule has 4 heteroatoms. The van der Waals surface area contributed by atoms with Crippen molar-refractivity contribution in [2.45, 2.75) is 32.3 Å². The molecule has 0 aliphatic carbocycles. The van der Waals surface area contributed by atoms with Crippen LogP contribution in [0, 0.1) is 5.92 Å². The maximum absolute atomic E-state index is 11.9. The number of carbonyl (C=O) groups excluding carboxylic acids is 1. The lowest BCUT2D eigenvalue weighted by molar-refractivity contribution is -0.122. The molecule has 1 heterocycles. The van der Waals surface area contributed by atoms with Gasteiger partial charge in [0.05, 0.1) is 12.6 Å². The summed E-state index contributed by atoms with van der Waals surface area (Å²) < 4.78 is 0. The lowest BCUT2D eigenvalue weighted by Gasteiger charge is -2.32. The van der Waals surface area contributed by atoms with Crippen LogP contribution in [0.3, 0.4) is 0 Å². The highest BCUT2D eigenvalue weighted by Crippen LogP contribution is 2.19. The molecule has 2 N–H and O–H groups in total. The van der Waals surface area contributed by atoms with Crippen molar-refractivity contribution in [3.63, 3.8) is 0 Å². The number of rotatable bonds is 6. The molecule has 0 saturated carbocycles. The number of aliphatic hydroxyl groups is 1. The van der Waals surface area contributed by atoms with Crippen LogP contribution in [-0.2, 0) is 11.2 Å². The lowest BCUT2D eigenvalue weighted by atomic mass is 9.92. The maximum Gasteiger partial charge on any atom is 0.234 e. The van der Waals surface area contributed by atoms with Crippen molar-refractivity contribution in [2.24, 2.45) is 5.92 Å². The summed E-state index contributed by atoms with van der Waals surface area (Å²) in [4.78, 5) is 14.1. The molecule has 1 atom stereocenters. The van der Waals surface area contributed by atoms with Crippen LogP contribution in [0.15, 0.2) is 30.3 Å². The van der Waals surface area contributed by atoms with E-state index in [0.29, 0.717) is 19.0 Å². The Bertz CT molecular complexity index is 426. The molecule has 1 aliphatic rings. The predicted molar refractivity (Wildman–Crippen MR) is 84.0 cm³/mol. The number of nitrogens with zero attached hydrogens (tertiary/aromatic N) is 1. The van der Waals surface area contributed by atoms with E-state index in [9.17, 15) is 9.90 Å². The molecule has 1 saturated heterocycles. The van der Waals surface area contributed by atoms with E-state index in [-0.39, 0.29) is 12.0 Å². The molecule has 0 aromatic heterocycles.